The normalized spacial score (nSPS) is 16.6. The SMILES string of the molecule is CC1=Cc2c(-c3ccccc3)cccc2C1CS(=O)(=O)O.[Zr]. The predicted octanol–water partition coefficient (Wildman–Crippen LogP) is 3.74. The van der Waals surface area contributed by atoms with Gasteiger partial charge in [-0.2, -0.15) is 8.42 Å². The van der Waals surface area contributed by atoms with E-state index in [4.69, 9.17) is 4.55 Å². The fraction of sp³-hybridized carbons (Fsp3) is 0.176. The molecule has 3 nitrogen and oxygen atoms in total. The number of hydrogen-bond acceptors (Lipinski definition) is 2. The van der Waals surface area contributed by atoms with E-state index < -0.39 is 10.1 Å². The van der Waals surface area contributed by atoms with Crippen LogP contribution in [-0.4, -0.2) is 18.7 Å². The topological polar surface area (TPSA) is 54.4 Å². The van der Waals surface area contributed by atoms with Crippen LogP contribution in [-0.2, 0) is 36.3 Å². The minimum absolute atomic E-state index is 0. The summed E-state index contributed by atoms with van der Waals surface area (Å²) in [5.41, 5.74) is 5.17. The van der Waals surface area contributed by atoms with Gasteiger partial charge in [0, 0.05) is 32.1 Å². The zero-order valence-electron chi connectivity index (χ0n) is 12.2. The summed E-state index contributed by atoms with van der Waals surface area (Å²) in [7, 11) is -4.00. The maximum Gasteiger partial charge on any atom is 0.265 e. The molecule has 0 saturated carbocycles. The Labute approximate surface area is 149 Å². The van der Waals surface area contributed by atoms with Crippen LogP contribution in [0.25, 0.3) is 17.2 Å². The molecule has 112 valence electrons. The van der Waals surface area contributed by atoms with Gasteiger partial charge in [0.15, 0.2) is 0 Å². The quantitative estimate of drug-likeness (QED) is 0.811. The van der Waals surface area contributed by atoms with Gasteiger partial charge in [0.1, 0.15) is 0 Å². The Morgan fingerprint density at radius 3 is 2.36 bits per heavy atom. The molecule has 0 aliphatic heterocycles. The van der Waals surface area contributed by atoms with Gasteiger partial charge in [0.25, 0.3) is 10.1 Å². The molecule has 1 atom stereocenters. The van der Waals surface area contributed by atoms with Gasteiger partial charge in [-0.05, 0) is 29.2 Å². The van der Waals surface area contributed by atoms with E-state index in [1.54, 1.807) is 0 Å². The number of rotatable bonds is 3. The Morgan fingerprint density at radius 2 is 1.73 bits per heavy atom. The molecule has 1 N–H and O–H groups in total. The van der Waals surface area contributed by atoms with Gasteiger partial charge in [-0.3, -0.25) is 4.55 Å². The molecule has 1 aliphatic rings. The third-order valence-corrected chi connectivity index (χ3v) is 4.65. The maximum absolute atomic E-state index is 11.2. The second kappa shape index (κ2) is 6.61. The predicted molar refractivity (Wildman–Crippen MR) is 84.7 cm³/mol. The summed E-state index contributed by atoms with van der Waals surface area (Å²) in [6.07, 6.45) is 2.02. The molecule has 1 aliphatic carbocycles. The number of fused-ring (bicyclic) bond motifs is 1. The monoisotopic (exact) mass is 390 g/mol. The van der Waals surface area contributed by atoms with E-state index in [1.165, 1.54) is 0 Å². The largest absolute Gasteiger partial charge is 0.286 e. The van der Waals surface area contributed by atoms with E-state index in [0.29, 0.717) is 0 Å². The molecule has 0 radical (unpaired) electrons. The Hall–Kier alpha value is -1.03. The van der Waals surface area contributed by atoms with Crippen LogP contribution in [0.2, 0.25) is 0 Å². The summed E-state index contributed by atoms with van der Waals surface area (Å²) in [5.74, 6) is -0.528. The van der Waals surface area contributed by atoms with Crippen LogP contribution in [0.15, 0.2) is 54.1 Å². The first-order valence-corrected chi connectivity index (χ1v) is 8.38. The molecular weight excluding hydrogens is 375 g/mol. The number of hydrogen-bond donors (Lipinski definition) is 1. The van der Waals surface area contributed by atoms with Gasteiger partial charge in [0.2, 0.25) is 0 Å². The van der Waals surface area contributed by atoms with Crippen LogP contribution in [0.5, 0.6) is 0 Å². The maximum atomic E-state index is 11.2. The van der Waals surface area contributed by atoms with Crippen molar-refractivity contribution in [2.24, 2.45) is 0 Å². The Bertz CT molecular complexity index is 811. The second-order valence-electron chi connectivity index (χ2n) is 5.36. The van der Waals surface area contributed by atoms with Crippen molar-refractivity contribution in [3.8, 4) is 11.1 Å². The van der Waals surface area contributed by atoms with Gasteiger partial charge in [-0.25, -0.2) is 0 Å². The van der Waals surface area contributed by atoms with Crippen molar-refractivity contribution in [3.05, 3.63) is 65.2 Å². The van der Waals surface area contributed by atoms with Crippen molar-refractivity contribution in [2.75, 3.05) is 5.75 Å². The Morgan fingerprint density at radius 1 is 1.05 bits per heavy atom. The van der Waals surface area contributed by atoms with E-state index in [9.17, 15) is 8.42 Å². The van der Waals surface area contributed by atoms with Crippen molar-refractivity contribution in [1.29, 1.82) is 0 Å². The van der Waals surface area contributed by atoms with Crippen molar-refractivity contribution in [2.45, 2.75) is 12.8 Å². The molecule has 2 aromatic rings. The minimum atomic E-state index is -4.00. The first-order valence-electron chi connectivity index (χ1n) is 6.77. The van der Waals surface area contributed by atoms with Gasteiger partial charge < -0.3 is 0 Å². The molecular formula is C17H16O3SZr. The molecule has 0 heterocycles. The number of benzene rings is 2. The van der Waals surface area contributed by atoms with Crippen molar-refractivity contribution in [1.82, 2.24) is 0 Å². The molecule has 0 amide bonds. The average Bonchev–Trinajstić information content (AvgIpc) is 2.74. The Kier molecular flexibility index (Phi) is 5.21. The zero-order valence-corrected chi connectivity index (χ0v) is 15.4. The van der Waals surface area contributed by atoms with Crippen molar-refractivity contribution >= 4 is 16.2 Å². The fourth-order valence-electron chi connectivity index (χ4n) is 2.92. The molecule has 5 heteroatoms. The molecule has 0 fully saturated rings. The average molecular weight is 392 g/mol. The van der Waals surface area contributed by atoms with Crippen LogP contribution in [0.4, 0.5) is 0 Å². The molecule has 0 spiro atoms. The van der Waals surface area contributed by atoms with Gasteiger partial charge >= 0.3 is 0 Å². The summed E-state index contributed by atoms with van der Waals surface area (Å²) in [6.45, 7) is 1.91. The van der Waals surface area contributed by atoms with Crippen LogP contribution in [0.1, 0.15) is 24.0 Å². The van der Waals surface area contributed by atoms with Gasteiger partial charge in [0.05, 0.1) is 5.75 Å². The van der Waals surface area contributed by atoms with Crippen molar-refractivity contribution in [3.63, 3.8) is 0 Å². The second-order valence-corrected chi connectivity index (χ2v) is 6.86. The fourth-order valence-corrected chi connectivity index (χ4v) is 3.79. The van der Waals surface area contributed by atoms with E-state index >= 15 is 0 Å². The molecule has 0 aromatic heterocycles. The van der Waals surface area contributed by atoms with Gasteiger partial charge in [-0.1, -0.05) is 60.2 Å². The molecule has 22 heavy (non-hydrogen) atoms. The number of allylic oxidation sites excluding steroid dienone is 1. The third-order valence-electron chi connectivity index (χ3n) is 3.90. The van der Waals surface area contributed by atoms with Crippen LogP contribution in [0, 0.1) is 0 Å². The standard InChI is InChI=1S/C17H16O3S.Zr/c1-12-10-16-14(13-6-3-2-4-7-13)8-5-9-15(16)17(12)11-21(18,19)20;/h2-10,17H,11H2,1H3,(H,18,19,20);. The summed E-state index contributed by atoms with van der Waals surface area (Å²) < 4.78 is 31.6. The van der Waals surface area contributed by atoms with E-state index in [0.717, 1.165) is 27.8 Å². The van der Waals surface area contributed by atoms with Crippen LogP contribution >= 0.6 is 0 Å². The van der Waals surface area contributed by atoms with E-state index in [2.05, 4.69) is 0 Å². The van der Waals surface area contributed by atoms with Crippen molar-refractivity contribution < 1.29 is 39.2 Å². The third kappa shape index (κ3) is 3.48. The summed E-state index contributed by atoms with van der Waals surface area (Å²) >= 11 is 0. The van der Waals surface area contributed by atoms with E-state index in [1.807, 2.05) is 61.5 Å². The molecule has 0 bridgehead atoms. The van der Waals surface area contributed by atoms with E-state index in [-0.39, 0.29) is 37.9 Å². The first kappa shape index (κ1) is 17.3. The molecule has 1 unspecified atom stereocenters. The smallest absolute Gasteiger partial charge is 0.265 e. The molecule has 0 saturated heterocycles. The Balaban J connectivity index is 0.00000176. The summed E-state index contributed by atoms with van der Waals surface area (Å²) in [6, 6.07) is 15.9. The molecule has 3 rings (SSSR count). The minimum Gasteiger partial charge on any atom is -0.286 e. The summed E-state index contributed by atoms with van der Waals surface area (Å²) in [5, 5.41) is 0. The van der Waals surface area contributed by atoms with Crippen LogP contribution in [0.3, 0.4) is 0 Å². The van der Waals surface area contributed by atoms with Gasteiger partial charge in [-0.15, -0.1) is 0 Å². The first-order chi connectivity index (χ1) is 9.96. The zero-order chi connectivity index (χ0) is 15.0. The molecule has 2 aromatic carbocycles. The summed E-state index contributed by atoms with van der Waals surface area (Å²) in [4.78, 5) is 0. The van der Waals surface area contributed by atoms with Crippen LogP contribution < -0.4 is 0 Å².